The van der Waals surface area contributed by atoms with E-state index in [0.29, 0.717) is 6.54 Å². The van der Waals surface area contributed by atoms with Gasteiger partial charge in [-0.3, -0.25) is 4.68 Å². The lowest BCUT2D eigenvalue weighted by atomic mass is 10.1. The molecule has 2 N–H and O–H groups in total. The van der Waals surface area contributed by atoms with Gasteiger partial charge in [0.15, 0.2) is 0 Å². The number of carbonyl (C=O) groups is 1. The van der Waals surface area contributed by atoms with Gasteiger partial charge in [0.05, 0.1) is 12.1 Å². The number of alkyl halides is 3. The number of aromatic nitrogens is 2. The number of rotatable bonds is 5. The molecule has 1 aromatic heterocycles. The van der Waals surface area contributed by atoms with E-state index in [1.54, 1.807) is 10.9 Å². The van der Waals surface area contributed by atoms with Crippen molar-refractivity contribution in [3.05, 3.63) is 83.7 Å². The second-order valence-corrected chi connectivity index (χ2v) is 5.86. The molecule has 0 saturated heterocycles. The molecule has 0 radical (unpaired) electrons. The minimum Gasteiger partial charge on any atom is -0.334 e. The summed E-state index contributed by atoms with van der Waals surface area (Å²) in [6, 6.07) is 13.3. The molecular weight excluding hydrogens is 357 g/mol. The Hall–Kier alpha value is -3.29. The molecule has 0 fully saturated rings. The van der Waals surface area contributed by atoms with E-state index in [0.717, 1.165) is 23.3 Å². The van der Waals surface area contributed by atoms with Gasteiger partial charge in [-0.2, -0.15) is 18.3 Å². The number of hydrogen-bond donors (Lipinski definition) is 2. The van der Waals surface area contributed by atoms with Gasteiger partial charge in [-0.25, -0.2) is 4.79 Å². The molecule has 8 heteroatoms. The van der Waals surface area contributed by atoms with E-state index < -0.39 is 17.8 Å². The number of benzene rings is 2. The van der Waals surface area contributed by atoms with Crippen molar-refractivity contribution in [1.82, 2.24) is 15.1 Å². The maximum Gasteiger partial charge on any atom is 0.416 e. The number of anilines is 1. The first-order chi connectivity index (χ1) is 12.9. The molecule has 0 aliphatic heterocycles. The maximum absolute atomic E-state index is 12.7. The molecule has 5 nitrogen and oxygen atoms in total. The van der Waals surface area contributed by atoms with E-state index in [-0.39, 0.29) is 12.2 Å². The smallest absolute Gasteiger partial charge is 0.334 e. The van der Waals surface area contributed by atoms with E-state index in [2.05, 4.69) is 15.7 Å². The van der Waals surface area contributed by atoms with E-state index >= 15 is 0 Å². The Balaban J connectivity index is 1.62. The normalized spacial score (nSPS) is 11.2. The molecule has 0 unspecified atom stereocenters. The SMILES string of the molecule is O=C(NCc1ccccc1Cn1cccn1)Nc1cccc(C(F)(F)F)c1. The second-order valence-electron chi connectivity index (χ2n) is 5.86. The van der Waals surface area contributed by atoms with Gasteiger partial charge in [0.2, 0.25) is 0 Å². The van der Waals surface area contributed by atoms with Crippen molar-refractivity contribution >= 4 is 11.7 Å². The van der Waals surface area contributed by atoms with Crippen molar-refractivity contribution in [2.24, 2.45) is 0 Å². The minimum absolute atomic E-state index is 0.0761. The quantitative estimate of drug-likeness (QED) is 0.701. The molecule has 0 bridgehead atoms. The molecule has 2 amide bonds. The Bertz CT molecular complexity index is 907. The van der Waals surface area contributed by atoms with Crippen LogP contribution in [0, 0.1) is 0 Å². The first-order valence-corrected chi connectivity index (χ1v) is 8.18. The summed E-state index contributed by atoms with van der Waals surface area (Å²) < 4.78 is 40.0. The molecule has 0 atom stereocenters. The van der Waals surface area contributed by atoms with Crippen molar-refractivity contribution in [3.63, 3.8) is 0 Å². The highest BCUT2D eigenvalue weighted by atomic mass is 19.4. The van der Waals surface area contributed by atoms with Crippen LogP contribution in [-0.2, 0) is 19.3 Å². The molecule has 0 aliphatic carbocycles. The fourth-order valence-corrected chi connectivity index (χ4v) is 2.58. The second kappa shape index (κ2) is 7.94. The van der Waals surface area contributed by atoms with Crippen molar-refractivity contribution < 1.29 is 18.0 Å². The van der Waals surface area contributed by atoms with Crippen LogP contribution in [0.1, 0.15) is 16.7 Å². The largest absolute Gasteiger partial charge is 0.416 e. The van der Waals surface area contributed by atoms with Crippen LogP contribution in [0.5, 0.6) is 0 Å². The van der Waals surface area contributed by atoms with Crippen LogP contribution < -0.4 is 10.6 Å². The summed E-state index contributed by atoms with van der Waals surface area (Å²) in [6.07, 6.45) is -0.937. The fourth-order valence-electron chi connectivity index (χ4n) is 2.58. The Morgan fingerprint density at radius 2 is 1.81 bits per heavy atom. The van der Waals surface area contributed by atoms with Crippen LogP contribution in [0.2, 0.25) is 0 Å². The molecule has 140 valence electrons. The van der Waals surface area contributed by atoms with Gasteiger partial charge in [-0.15, -0.1) is 0 Å². The number of urea groups is 1. The van der Waals surface area contributed by atoms with Gasteiger partial charge in [0.1, 0.15) is 0 Å². The Morgan fingerprint density at radius 3 is 2.52 bits per heavy atom. The molecule has 0 aliphatic rings. The average molecular weight is 374 g/mol. The summed E-state index contributed by atoms with van der Waals surface area (Å²) in [5.41, 5.74) is 1.14. The standard InChI is InChI=1S/C19H17F3N4O/c20-19(21,22)16-7-3-8-17(11-16)25-18(27)23-12-14-5-1-2-6-15(14)13-26-10-4-9-24-26/h1-11H,12-13H2,(H2,23,25,27). The van der Waals surface area contributed by atoms with Crippen molar-refractivity contribution in [3.8, 4) is 0 Å². The molecular formula is C19H17F3N4O. The van der Waals surface area contributed by atoms with Crippen LogP contribution in [0.4, 0.5) is 23.7 Å². The van der Waals surface area contributed by atoms with Crippen LogP contribution in [-0.4, -0.2) is 15.8 Å². The van der Waals surface area contributed by atoms with Crippen molar-refractivity contribution in [2.75, 3.05) is 5.32 Å². The lowest BCUT2D eigenvalue weighted by Gasteiger charge is -2.13. The van der Waals surface area contributed by atoms with Gasteiger partial charge in [-0.05, 0) is 35.4 Å². The zero-order valence-corrected chi connectivity index (χ0v) is 14.2. The highest BCUT2D eigenvalue weighted by molar-refractivity contribution is 5.89. The fraction of sp³-hybridized carbons (Fsp3) is 0.158. The van der Waals surface area contributed by atoms with E-state index in [1.165, 1.54) is 12.1 Å². The summed E-state index contributed by atoms with van der Waals surface area (Å²) in [6.45, 7) is 0.794. The predicted molar refractivity (Wildman–Crippen MR) is 95.1 cm³/mol. The molecule has 2 aromatic carbocycles. The van der Waals surface area contributed by atoms with E-state index in [4.69, 9.17) is 0 Å². The summed E-state index contributed by atoms with van der Waals surface area (Å²) >= 11 is 0. The molecule has 1 heterocycles. The first kappa shape index (κ1) is 18.5. The maximum atomic E-state index is 12.7. The number of nitrogens with one attached hydrogen (secondary N) is 2. The highest BCUT2D eigenvalue weighted by Gasteiger charge is 2.30. The number of halogens is 3. The van der Waals surface area contributed by atoms with Crippen LogP contribution in [0.15, 0.2) is 67.0 Å². The molecule has 27 heavy (non-hydrogen) atoms. The molecule has 0 spiro atoms. The monoisotopic (exact) mass is 374 g/mol. The van der Waals surface area contributed by atoms with Gasteiger partial charge in [0, 0.05) is 24.6 Å². The number of hydrogen-bond acceptors (Lipinski definition) is 2. The van der Waals surface area contributed by atoms with Crippen LogP contribution >= 0.6 is 0 Å². The minimum atomic E-state index is -4.46. The lowest BCUT2D eigenvalue weighted by molar-refractivity contribution is -0.137. The van der Waals surface area contributed by atoms with Crippen molar-refractivity contribution in [2.45, 2.75) is 19.3 Å². The average Bonchev–Trinajstić information content (AvgIpc) is 3.14. The molecule has 0 saturated carbocycles. The predicted octanol–water partition coefficient (Wildman–Crippen LogP) is 4.27. The Labute approximate surface area is 153 Å². The zero-order valence-electron chi connectivity index (χ0n) is 14.2. The number of amides is 2. The van der Waals surface area contributed by atoms with E-state index in [9.17, 15) is 18.0 Å². The molecule has 3 rings (SSSR count). The van der Waals surface area contributed by atoms with Crippen LogP contribution in [0.25, 0.3) is 0 Å². The lowest BCUT2D eigenvalue weighted by Crippen LogP contribution is -2.28. The van der Waals surface area contributed by atoms with Crippen molar-refractivity contribution in [1.29, 1.82) is 0 Å². The third-order valence-electron chi connectivity index (χ3n) is 3.90. The zero-order chi connectivity index (χ0) is 19.3. The first-order valence-electron chi connectivity index (χ1n) is 8.18. The van der Waals surface area contributed by atoms with Gasteiger partial charge >= 0.3 is 12.2 Å². The van der Waals surface area contributed by atoms with Gasteiger partial charge in [-0.1, -0.05) is 30.3 Å². The van der Waals surface area contributed by atoms with Gasteiger partial charge in [0.25, 0.3) is 0 Å². The summed E-state index contributed by atoms with van der Waals surface area (Å²) in [4.78, 5) is 12.1. The van der Waals surface area contributed by atoms with Crippen LogP contribution in [0.3, 0.4) is 0 Å². The summed E-state index contributed by atoms with van der Waals surface area (Å²) in [5, 5.41) is 9.24. The number of carbonyl (C=O) groups excluding carboxylic acids is 1. The summed E-state index contributed by atoms with van der Waals surface area (Å²) in [5.74, 6) is 0. The Kier molecular flexibility index (Phi) is 5.44. The Morgan fingerprint density at radius 1 is 1.04 bits per heavy atom. The van der Waals surface area contributed by atoms with Gasteiger partial charge < -0.3 is 10.6 Å². The highest BCUT2D eigenvalue weighted by Crippen LogP contribution is 2.30. The molecule has 3 aromatic rings. The number of nitrogens with zero attached hydrogens (tertiary/aromatic N) is 2. The summed E-state index contributed by atoms with van der Waals surface area (Å²) in [7, 11) is 0. The third-order valence-corrected chi connectivity index (χ3v) is 3.90. The topological polar surface area (TPSA) is 59.0 Å². The third kappa shape index (κ3) is 5.10. The van der Waals surface area contributed by atoms with E-state index in [1.807, 2.05) is 36.5 Å².